The third kappa shape index (κ3) is 2.90. The molecule has 2 aromatic heterocycles. The first kappa shape index (κ1) is 16.5. The van der Waals surface area contributed by atoms with Gasteiger partial charge in [-0.2, -0.15) is 4.52 Å². The minimum atomic E-state index is -0.423. The van der Waals surface area contributed by atoms with Crippen molar-refractivity contribution in [2.75, 3.05) is 36.0 Å². The second-order valence-electron chi connectivity index (χ2n) is 6.15. The Kier molecular flexibility index (Phi) is 4.08. The predicted octanol–water partition coefficient (Wildman–Crippen LogP) is 2.32. The summed E-state index contributed by atoms with van der Waals surface area (Å²) < 4.78 is 1.65. The van der Waals surface area contributed by atoms with Gasteiger partial charge in [-0.15, -0.1) is 15.3 Å². The van der Waals surface area contributed by atoms with Crippen LogP contribution in [-0.4, -0.2) is 50.9 Å². The largest absolute Gasteiger partial charge is 0.367 e. The second-order valence-corrected chi connectivity index (χ2v) is 6.56. The quantitative estimate of drug-likeness (QED) is 0.513. The molecule has 4 rings (SSSR count). The summed E-state index contributed by atoms with van der Waals surface area (Å²) in [7, 11) is 0. The second kappa shape index (κ2) is 6.41. The van der Waals surface area contributed by atoms with Crippen LogP contribution in [0, 0.1) is 17.0 Å². The van der Waals surface area contributed by atoms with E-state index in [1.807, 2.05) is 19.1 Å². The Labute approximate surface area is 153 Å². The molecule has 0 aliphatic carbocycles. The lowest BCUT2D eigenvalue weighted by Crippen LogP contribution is -2.47. The minimum absolute atomic E-state index is 0.0151. The van der Waals surface area contributed by atoms with Gasteiger partial charge in [0.25, 0.3) is 5.69 Å². The standard InChI is InChI=1S/C16H16ClN7O2/c1-11-8-12(24(25)26)9-13(17)16(11)22-6-4-21(5-7-22)15-3-2-14-19-18-10-23(14)20-15/h2-3,8-10H,4-7H2,1H3. The molecule has 0 unspecified atom stereocenters. The van der Waals surface area contributed by atoms with Gasteiger partial charge in [-0.05, 0) is 24.6 Å². The monoisotopic (exact) mass is 373 g/mol. The highest BCUT2D eigenvalue weighted by Crippen LogP contribution is 2.34. The zero-order valence-electron chi connectivity index (χ0n) is 14.0. The number of rotatable bonds is 3. The van der Waals surface area contributed by atoms with Crippen molar-refractivity contribution < 1.29 is 4.92 Å². The lowest BCUT2D eigenvalue weighted by Gasteiger charge is -2.37. The number of anilines is 2. The van der Waals surface area contributed by atoms with E-state index >= 15 is 0 Å². The van der Waals surface area contributed by atoms with E-state index in [9.17, 15) is 10.1 Å². The van der Waals surface area contributed by atoms with Crippen molar-refractivity contribution in [3.8, 4) is 0 Å². The van der Waals surface area contributed by atoms with E-state index in [1.165, 1.54) is 6.07 Å². The lowest BCUT2D eigenvalue weighted by atomic mass is 10.1. The molecule has 9 nitrogen and oxygen atoms in total. The number of hydrogen-bond acceptors (Lipinski definition) is 7. The molecular weight excluding hydrogens is 358 g/mol. The van der Waals surface area contributed by atoms with E-state index in [0.717, 1.165) is 43.2 Å². The SMILES string of the molecule is Cc1cc([N+](=O)[O-])cc(Cl)c1N1CCN(c2ccc3nncn3n2)CC1. The molecule has 0 radical (unpaired) electrons. The first-order valence-corrected chi connectivity index (χ1v) is 8.52. The normalized spacial score (nSPS) is 14.8. The molecule has 0 saturated carbocycles. The maximum atomic E-state index is 11.0. The number of piperazine rings is 1. The van der Waals surface area contributed by atoms with E-state index < -0.39 is 4.92 Å². The highest BCUT2D eigenvalue weighted by Gasteiger charge is 2.23. The molecule has 134 valence electrons. The van der Waals surface area contributed by atoms with E-state index in [1.54, 1.807) is 16.9 Å². The van der Waals surface area contributed by atoms with Gasteiger partial charge in [0.2, 0.25) is 0 Å². The van der Waals surface area contributed by atoms with Crippen LogP contribution in [0.2, 0.25) is 5.02 Å². The lowest BCUT2D eigenvalue weighted by molar-refractivity contribution is -0.384. The third-order valence-electron chi connectivity index (χ3n) is 4.52. The zero-order chi connectivity index (χ0) is 18.3. The number of hydrogen-bond donors (Lipinski definition) is 0. The number of aryl methyl sites for hydroxylation is 1. The molecule has 1 saturated heterocycles. The Balaban J connectivity index is 1.52. The molecule has 0 bridgehead atoms. The molecule has 26 heavy (non-hydrogen) atoms. The molecule has 0 N–H and O–H groups in total. The van der Waals surface area contributed by atoms with Crippen LogP contribution in [0.15, 0.2) is 30.6 Å². The first-order chi connectivity index (χ1) is 12.5. The third-order valence-corrected chi connectivity index (χ3v) is 4.81. The fourth-order valence-electron chi connectivity index (χ4n) is 3.27. The Hall–Kier alpha value is -2.94. The van der Waals surface area contributed by atoms with Crippen molar-refractivity contribution in [1.82, 2.24) is 19.8 Å². The van der Waals surface area contributed by atoms with Crippen molar-refractivity contribution in [3.63, 3.8) is 0 Å². The average molecular weight is 374 g/mol. The van der Waals surface area contributed by atoms with Crippen LogP contribution < -0.4 is 9.80 Å². The molecule has 1 aliphatic rings. The average Bonchev–Trinajstić information content (AvgIpc) is 3.09. The van der Waals surface area contributed by atoms with E-state index in [-0.39, 0.29) is 5.69 Å². The Morgan fingerprint density at radius 2 is 1.88 bits per heavy atom. The summed E-state index contributed by atoms with van der Waals surface area (Å²) in [6.07, 6.45) is 1.58. The summed E-state index contributed by atoms with van der Waals surface area (Å²) in [5.41, 5.74) is 2.39. The molecular formula is C16H16ClN7O2. The topological polar surface area (TPSA) is 92.7 Å². The number of nitrogens with zero attached hydrogens (tertiary/aromatic N) is 7. The highest BCUT2D eigenvalue weighted by atomic mass is 35.5. The van der Waals surface area contributed by atoms with Crippen LogP contribution in [0.1, 0.15) is 5.56 Å². The number of nitro benzene ring substituents is 1. The van der Waals surface area contributed by atoms with Crippen molar-refractivity contribution in [2.24, 2.45) is 0 Å². The van der Waals surface area contributed by atoms with Crippen LogP contribution in [0.3, 0.4) is 0 Å². The summed E-state index contributed by atoms with van der Waals surface area (Å²) in [5, 5.41) is 23.7. The van der Waals surface area contributed by atoms with Gasteiger partial charge in [-0.1, -0.05) is 11.6 Å². The van der Waals surface area contributed by atoms with Crippen LogP contribution in [0.4, 0.5) is 17.2 Å². The minimum Gasteiger partial charge on any atom is -0.367 e. The van der Waals surface area contributed by atoms with Gasteiger partial charge in [-0.25, -0.2) is 0 Å². The van der Waals surface area contributed by atoms with Crippen LogP contribution in [0.5, 0.6) is 0 Å². The summed E-state index contributed by atoms with van der Waals surface area (Å²) in [6, 6.07) is 6.80. The molecule has 3 heterocycles. The molecule has 0 amide bonds. The van der Waals surface area contributed by atoms with Gasteiger partial charge < -0.3 is 9.80 Å². The van der Waals surface area contributed by atoms with Gasteiger partial charge >= 0.3 is 0 Å². The Morgan fingerprint density at radius 1 is 1.15 bits per heavy atom. The number of fused-ring (bicyclic) bond motifs is 1. The zero-order valence-corrected chi connectivity index (χ0v) is 14.8. The number of aromatic nitrogens is 4. The first-order valence-electron chi connectivity index (χ1n) is 8.14. The van der Waals surface area contributed by atoms with Crippen molar-refractivity contribution >= 4 is 34.4 Å². The predicted molar refractivity (Wildman–Crippen MR) is 98.1 cm³/mol. The van der Waals surface area contributed by atoms with Gasteiger partial charge in [0.1, 0.15) is 12.1 Å². The fourth-order valence-corrected chi connectivity index (χ4v) is 3.65. The van der Waals surface area contributed by atoms with Crippen molar-refractivity contribution in [1.29, 1.82) is 0 Å². The van der Waals surface area contributed by atoms with Gasteiger partial charge in [0, 0.05) is 38.3 Å². The molecule has 3 aromatic rings. The van der Waals surface area contributed by atoms with Crippen LogP contribution >= 0.6 is 11.6 Å². The molecule has 0 atom stereocenters. The smallest absolute Gasteiger partial charge is 0.271 e. The molecule has 1 aromatic carbocycles. The number of non-ortho nitro benzene ring substituents is 1. The van der Waals surface area contributed by atoms with E-state index in [4.69, 9.17) is 11.6 Å². The Morgan fingerprint density at radius 3 is 2.58 bits per heavy atom. The van der Waals surface area contributed by atoms with E-state index in [0.29, 0.717) is 10.7 Å². The summed E-state index contributed by atoms with van der Waals surface area (Å²) in [6.45, 7) is 4.89. The van der Waals surface area contributed by atoms with Crippen molar-refractivity contribution in [3.05, 3.63) is 51.3 Å². The molecule has 1 aliphatic heterocycles. The fraction of sp³-hybridized carbons (Fsp3) is 0.312. The van der Waals surface area contributed by atoms with Crippen LogP contribution in [-0.2, 0) is 0 Å². The molecule has 1 fully saturated rings. The molecule has 0 spiro atoms. The highest BCUT2D eigenvalue weighted by molar-refractivity contribution is 6.33. The molecule has 10 heteroatoms. The number of benzene rings is 1. The summed E-state index contributed by atoms with van der Waals surface area (Å²) >= 11 is 6.33. The van der Waals surface area contributed by atoms with Gasteiger partial charge in [0.05, 0.1) is 15.6 Å². The van der Waals surface area contributed by atoms with Crippen LogP contribution in [0.25, 0.3) is 5.65 Å². The van der Waals surface area contributed by atoms with Gasteiger partial charge in [0.15, 0.2) is 5.65 Å². The maximum Gasteiger partial charge on any atom is 0.271 e. The Bertz CT molecular complexity index is 959. The van der Waals surface area contributed by atoms with E-state index in [2.05, 4.69) is 25.1 Å². The number of nitro groups is 1. The maximum absolute atomic E-state index is 11.0. The van der Waals surface area contributed by atoms with Crippen molar-refractivity contribution in [2.45, 2.75) is 6.92 Å². The number of halogens is 1. The van der Waals surface area contributed by atoms with Gasteiger partial charge in [-0.3, -0.25) is 10.1 Å². The summed E-state index contributed by atoms with van der Waals surface area (Å²) in [5.74, 6) is 0.864. The summed E-state index contributed by atoms with van der Waals surface area (Å²) in [4.78, 5) is 14.9.